The second kappa shape index (κ2) is 7.48. The van der Waals surface area contributed by atoms with Gasteiger partial charge >= 0.3 is 6.03 Å². The number of urea groups is 1. The summed E-state index contributed by atoms with van der Waals surface area (Å²) in [6.07, 6.45) is 5.59. The van der Waals surface area contributed by atoms with E-state index < -0.39 is 12.1 Å². The minimum atomic E-state index is -0.599. The van der Waals surface area contributed by atoms with E-state index in [9.17, 15) is 14.7 Å². The third-order valence-corrected chi connectivity index (χ3v) is 7.01. The molecule has 0 bridgehead atoms. The maximum atomic E-state index is 13.6. The third-order valence-electron chi connectivity index (χ3n) is 6.52. The molecule has 4 aromatic rings. The molecule has 0 saturated carbocycles. The van der Waals surface area contributed by atoms with Crippen molar-refractivity contribution < 1.29 is 14.7 Å². The molecule has 33 heavy (non-hydrogen) atoms. The van der Waals surface area contributed by atoms with E-state index in [1.165, 1.54) is 4.90 Å². The molecule has 2 atom stereocenters. The SMILES string of the molecule is O=C1C2Cc3c([nH]c4ccc(Br)cc34)C(c3cccc(O)c3)N2C(=O)N1CCn1ccnc1. The fourth-order valence-corrected chi connectivity index (χ4v) is 5.39. The average Bonchev–Trinajstić information content (AvgIpc) is 3.50. The number of carbonyl (C=O) groups is 2. The lowest BCUT2D eigenvalue weighted by Crippen LogP contribution is -2.44. The molecule has 8 nitrogen and oxygen atoms in total. The van der Waals surface area contributed by atoms with E-state index in [1.54, 1.807) is 35.6 Å². The third kappa shape index (κ3) is 3.14. The van der Waals surface area contributed by atoms with E-state index in [1.807, 2.05) is 35.0 Å². The highest BCUT2D eigenvalue weighted by molar-refractivity contribution is 9.10. The van der Waals surface area contributed by atoms with Crippen LogP contribution in [-0.4, -0.2) is 54.0 Å². The number of phenols is 1. The van der Waals surface area contributed by atoms with Gasteiger partial charge in [-0.3, -0.25) is 14.6 Å². The minimum Gasteiger partial charge on any atom is -0.508 e. The van der Waals surface area contributed by atoms with Gasteiger partial charge in [0.15, 0.2) is 0 Å². The number of imidazole rings is 1. The Bertz CT molecular complexity index is 1400. The number of nitrogens with zero attached hydrogens (tertiary/aromatic N) is 4. The molecule has 166 valence electrons. The number of rotatable bonds is 4. The van der Waals surface area contributed by atoms with E-state index in [2.05, 4.69) is 25.9 Å². The van der Waals surface area contributed by atoms with Gasteiger partial charge in [0.25, 0.3) is 5.91 Å². The lowest BCUT2D eigenvalue weighted by Gasteiger charge is -2.36. The van der Waals surface area contributed by atoms with Gasteiger partial charge in [-0.15, -0.1) is 0 Å². The van der Waals surface area contributed by atoms with Gasteiger partial charge in [0, 0.05) is 53.0 Å². The lowest BCUT2D eigenvalue weighted by molar-refractivity contribution is -0.128. The van der Waals surface area contributed by atoms with Crippen molar-refractivity contribution in [2.75, 3.05) is 6.54 Å². The minimum absolute atomic E-state index is 0.116. The van der Waals surface area contributed by atoms with Crippen molar-refractivity contribution in [1.82, 2.24) is 24.3 Å². The summed E-state index contributed by atoms with van der Waals surface area (Å²) in [5, 5.41) is 11.2. The topological polar surface area (TPSA) is 94.5 Å². The van der Waals surface area contributed by atoms with Crippen LogP contribution in [0.4, 0.5) is 4.79 Å². The molecule has 6 rings (SSSR count). The Kier molecular flexibility index (Phi) is 4.55. The fraction of sp³-hybridized carbons (Fsp3) is 0.208. The molecule has 4 heterocycles. The maximum absolute atomic E-state index is 13.6. The number of aromatic amines is 1. The summed E-state index contributed by atoms with van der Waals surface area (Å²) in [5.41, 5.74) is 3.61. The van der Waals surface area contributed by atoms with Gasteiger partial charge in [-0.1, -0.05) is 28.1 Å². The Morgan fingerprint density at radius 3 is 2.82 bits per heavy atom. The Balaban J connectivity index is 1.46. The number of carbonyl (C=O) groups excluding carboxylic acids is 2. The number of hydrogen-bond donors (Lipinski definition) is 2. The summed E-state index contributed by atoms with van der Waals surface area (Å²) >= 11 is 3.55. The molecule has 0 aliphatic carbocycles. The van der Waals surface area contributed by atoms with Crippen molar-refractivity contribution in [2.45, 2.75) is 25.0 Å². The van der Waals surface area contributed by atoms with Crippen LogP contribution in [-0.2, 0) is 17.8 Å². The van der Waals surface area contributed by atoms with Crippen LogP contribution in [0.5, 0.6) is 5.75 Å². The molecule has 9 heteroatoms. The standard InChI is InChI=1S/C24H20BrN5O3/c25-15-4-5-19-17(11-15)18-12-20-23(32)29(9-8-28-7-6-26-13-28)24(33)30(20)22(21(18)27-19)14-2-1-3-16(31)10-14/h1-7,10-11,13,20,22,27,31H,8-9,12H2. The Morgan fingerprint density at radius 2 is 2.03 bits per heavy atom. The van der Waals surface area contributed by atoms with Crippen LogP contribution in [0.2, 0.25) is 0 Å². The first-order valence-corrected chi connectivity index (χ1v) is 11.5. The summed E-state index contributed by atoms with van der Waals surface area (Å²) in [6, 6.07) is 11.5. The Hall–Kier alpha value is -3.59. The van der Waals surface area contributed by atoms with Crippen LogP contribution in [0.1, 0.15) is 22.9 Å². The monoisotopic (exact) mass is 505 g/mol. The zero-order valence-corrected chi connectivity index (χ0v) is 19.1. The second-order valence-electron chi connectivity index (χ2n) is 8.40. The van der Waals surface area contributed by atoms with Gasteiger partial charge in [-0.2, -0.15) is 0 Å². The zero-order valence-electron chi connectivity index (χ0n) is 17.5. The molecule has 2 aliphatic rings. The van der Waals surface area contributed by atoms with E-state index in [-0.39, 0.29) is 24.2 Å². The number of imide groups is 1. The normalized spacial score (nSPS) is 19.9. The van der Waals surface area contributed by atoms with E-state index in [4.69, 9.17) is 0 Å². The van der Waals surface area contributed by atoms with Crippen molar-refractivity contribution >= 4 is 38.8 Å². The Labute approximate surface area is 197 Å². The molecular weight excluding hydrogens is 486 g/mol. The summed E-state index contributed by atoms with van der Waals surface area (Å²) in [5.74, 6) is -0.0785. The molecule has 0 radical (unpaired) electrons. The van der Waals surface area contributed by atoms with Crippen LogP contribution >= 0.6 is 15.9 Å². The van der Waals surface area contributed by atoms with Gasteiger partial charge in [-0.05, 0) is 41.5 Å². The fourth-order valence-electron chi connectivity index (χ4n) is 5.03. The zero-order chi connectivity index (χ0) is 22.7. The first kappa shape index (κ1) is 20.0. The first-order valence-electron chi connectivity index (χ1n) is 10.7. The highest BCUT2D eigenvalue weighted by Gasteiger charge is 2.52. The van der Waals surface area contributed by atoms with E-state index in [0.717, 1.165) is 32.2 Å². The van der Waals surface area contributed by atoms with Gasteiger partial charge in [-0.25, -0.2) is 9.78 Å². The Morgan fingerprint density at radius 1 is 1.15 bits per heavy atom. The molecule has 1 fully saturated rings. The molecule has 1 saturated heterocycles. The maximum Gasteiger partial charge on any atom is 0.328 e. The summed E-state index contributed by atoms with van der Waals surface area (Å²) in [6.45, 7) is 0.754. The van der Waals surface area contributed by atoms with Crippen LogP contribution < -0.4 is 0 Å². The number of aromatic hydroxyl groups is 1. The van der Waals surface area contributed by atoms with Crippen LogP contribution in [0, 0.1) is 0 Å². The van der Waals surface area contributed by atoms with Gasteiger partial charge in [0.1, 0.15) is 17.8 Å². The largest absolute Gasteiger partial charge is 0.508 e. The number of phenolic OH excluding ortho intramolecular Hbond substituents is 1. The highest BCUT2D eigenvalue weighted by Crippen LogP contribution is 2.44. The molecule has 2 N–H and O–H groups in total. The molecule has 0 spiro atoms. The number of nitrogens with one attached hydrogen (secondary N) is 1. The highest BCUT2D eigenvalue weighted by atomic mass is 79.9. The van der Waals surface area contributed by atoms with Crippen molar-refractivity contribution in [3.63, 3.8) is 0 Å². The van der Waals surface area contributed by atoms with Crippen molar-refractivity contribution in [2.24, 2.45) is 0 Å². The first-order chi connectivity index (χ1) is 16.0. The molecule has 2 aromatic heterocycles. The van der Waals surface area contributed by atoms with E-state index >= 15 is 0 Å². The molecule has 2 aromatic carbocycles. The van der Waals surface area contributed by atoms with Gasteiger partial charge in [0.05, 0.1) is 6.33 Å². The van der Waals surface area contributed by atoms with Crippen LogP contribution in [0.15, 0.2) is 65.7 Å². The molecular formula is C24H20BrN5O3. The smallest absolute Gasteiger partial charge is 0.328 e. The molecule has 2 aliphatic heterocycles. The van der Waals surface area contributed by atoms with Crippen molar-refractivity contribution in [3.8, 4) is 5.75 Å². The van der Waals surface area contributed by atoms with Crippen LogP contribution in [0.3, 0.4) is 0 Å². The van der Waals surface area contributed by atoms with E-state index in [0.29, 0.717) is 13.0 Å². The quantitative estimate of drug-likeness (QED) is 0.412. The lowest BCUT2D eigenvalue weighted by atomic mass is 9.89. The number of fused-ring (bicyclic) bond motifs is 4. The van der Waals surface area contributed by atoms with Crippen molar-refractivity contribution in [3.05, 3.63) is 82.5 Å². The number of benzene rings is 2. The number of halogens is 1. The number of aromatic nitrogens is 3. The molecule has 3 amide bonds. The average molecular weight is 506 g/mol. The number of hydrogen-bond acceptors (Lipinski definition) is 4. The predicted octanol–water partition coefficient (Wildman–Crippen LogP) is 3.81. The van der Waals surface area contributed by atoms with Gasteiger partial charge < -0.3 is 14.7 Å². The number of amides is 3. The van der Waals surface area contributed by atoms with Crippen molar-refractivity contribution in [1.29, 1.82) is 0 Å². The second-order valence-corrected chi connectivity index (χ2v) is 9.32. The predicted molar refractivity (Wildman–Crippen MR) is 125 cm³/mol. The molecule has 2 unspecified atom stereocenters. The van der Waals surface area contributed by atoms with Crippen LogP contribution in [0.25, 0.3) is 10.9 Å². The van der Waals surface area contributed by atoms with Gasteiger partial charge in [0.2, 0.25) is 0 Å². The number of H-pyrrole nitrogens is 1. The summed E-state index contributed by atoms with van der Waals surface area (Å²) in [4.78, 5) is 37.6. The summed E-state index contributed by atoms with van der Waals surface area (Å²) in [7, 11) is 0. The summed E-state index contributed by atoms with van der Waals surface area (Å²) < 4.78 is 2.79.